The summed E-state index contributed by atoms with van der Waals surface area (Å²) in [5.74, 6) is 0.737. The number of benzene rings is 1. The fourth-order valence-electron chi connectivity index (χ4n) is 2.65. The minimum absolute atomic E-state index is 0.143. The van der Waals surface area contributed by atoms with Crippen LogP contribution in [0.25, 0.3) is 0 Å². The Morgan fingerprint density at radius 1 is 1.25 bits per heavy atom. The summed E-state index contributed by atoms with van der Waals surface area (Å²) >= 11 is 0. The first-order valence-corrected chi connectivity index (χ1v) is 7.64. The van der Waals surface area contributed by atoms with Gasteiger partial charge in [-0.15, -0.1) is 0 Å². The van der Waals surface area contributed by atoms with E-state index < -0.39 is 0 Å². The Balaban J connectivity index is 1.83. The molecule has 0 N–H and O–H groups in total. The number of amides is 1. The zero-order valence-corrected chi connectivity index (χ0v) is 12.5. The zero-order valence-electron chi connectivity index (χ0n) is 12.5. The molecule has 0 aromatic heterocycles. The molecule has 1 aromatic rings. The summed E-state index contributed by atoms with van der Waals surface area (Å²) in [6.45, 7) is 5.83. The highest BCUT2D eigenvalue weighted by atomic mass is 16.6. The van der Waals surface area contributed by atoms with Crippen LogP contribution in [0.2, 0.25) is 0 Å². The van der Waals surface area contributed by atoms with Crippen LogP contribution in [0.5, 0.6) is 0 Å². The number of hydrogen-bond donors (Lipinski definition) is 0. The van der Waals surface area contributed by atoms with E-state index in [2.05, 4.69) is 26.0 Å². The highest BCUT2D eigenvalue weighted by Crippen LogP contribution is 2.18. The number of unbranched alkanes of at least 4 members (excludes halogenated alkanes) is 1. The van der Waals surface area contributed by atoms with E-state index in [4.69, 9.17) is 4.74 Å². The lowest BCUT2D eigenvalue weighted by Gasteiger charge is -2.21. The second kappa shape index (κ2) is 7.32. The van der Waals surface area contributed by atoms with Crippen molar-refractivity contribution in [3.8, 4) is 0 Å². The molecule has 1 fully saturated rings. The van der Waals surface area contributed by atoms with Gasteiger partial charge in [0.05, 0.1) is 6.04 Å². The summed E-state index contributed by atoms with van der Waals surface area (Å²) in [6, 6.07) is 10.5. The summed E-state index contributed by atoms with van der Waals surface area (Å²) in [5.41, 5.74) is 1.27. The first-order chi connectivity index (χ1) is 9.66. The summed E-state index contributed by atoms with van der Waals surface area (Å²) in [5, 5.41) is 0. The van der Waals surface area contributed by atoms with Gasteiger partial charge in [-0.1, -0.05) is 57.0 Å². The molecule has 1 amide bonds. The van der Waals surface area contributed by atoms with Gasteiger partial charge in [0.25, 0.3) is 0 Å². The second-order valence-corrected chi connectivity index (χ2v) is 6.00. The Morgan fingerprint density at radius 3 is 2.70 bits per heavy atom. The van der Waals surface area contributed by atoms with Gasteiger partial charge in [0, 0.05) is 6.54 Å². The average molecular weight is 275 g/mol. The van der Waals surface area contributed by atoms with Crippen LogP contribution in [0.3, 0.4) is 0 Å². The molecule has 1 aliphatic rings. The minimum Gasteiger partial charge on any atom is -0.447 e. The first kappa shape index (κ1) is 14.9. The van der Waals surface area contributed by atoms with Crippen LogP contribution >= 0.6 is 0 Å². The average Bonchev–Trinajstić information content (AvgIpc) is 2.77. The lowest BCUT2D eigenvalue weighted by molar-refractivity contribution is 0.157. The highest BCUT2D eigenvalue weighted by Gasteiger charge is 2.32. The molecular formula is C17H25NO2. The first-order valence-electron chi connectivity index (χ1n) is 7.64. The van der Waals surface area contributed by atoms with Gasteiger partial charge in [-0.3, -0.25) is 0 Å². The van der Waals surface area contributed by atoms with Gasteiger partial charge in [-0.2, -0.15) is 0 Å². The molecule has 0 saturated carbocycles. The lowest BCUT2D eigenvalue weighted by Crippen LogP contribution is -2.35. The largest absolute Gasteiger partial charge is 0.447 e. The van der Waals surface area contributed by atoms with E-state index in [9.17, 15) is 4.79 Å². The Hall–Kier alpha value is -1.51. The molecule has 1 atom stereocenters. The standard InChI is InChI=1S/C17H25NO2/c1-14(2)8-6-7-11-18-16(13-20-17(18)19)12-15-9-4-3-5-10-15/h3-5,9-10,14,16H,6-8,11-13H2,1-2H3/t16-/m1/s1. The van der Waals surface area contributed by atoms with Crippen molar-refractivity contribution >= 4 is 6.09 Å². The third kappa shape index (κ3) is 4.26. The summed E-state index contributed by atoms with van der Waals surface area (Å²) in [6.07, 6.45) is 4.22. The van der Waals surface area contributed by atoms with E-state index in [1.807, 2.05) is 23.1 Å². The van der Waals surface area contributed by atoms with Crippen molar-refractivity contribution in [1.29, 1.82) is 0 Å². The smallest absolute Gasteiger partial charge is 0.410 e. The van der Waals surface area contributed by atoms with E-state index in [-0.39, 0.29) is 12.1 Å². The quantitative estimate of drug-likeness (QED) is 0.707. The van der Waals surface area contributed by atoms with Gasteiger partial charge in [-0.05, 0) is 24.3 Å². The number of carbonyl (C=O) groups is 1. The summed E-state index contributed by atoms with van der Waals surface area (Å²) < 4.78 is 5.22. The van der Waals surface area contributed by atoms with Crippen molar-refractivity contribution in [2.75, 3.05) is 13.2 Å². The van der Waals surface area contributed by atoms with Crippen LogP contribution in [0.4, 0.5) is 4.79 Å². The van der Waals surface area contributed by atoms with Gasteiger partial charge in [-0.25, -0.2) is 4.79 Å². The van der Waals surface area contributed by atoms with Gasteiger partial charge in [0.15, 0.2) is 0 Å². The van der Waals surface area contributed by atoms with Crippen LogP contribution in [-0.2, 0) is 11.2 Å². The van der Waals surface area contributed by atoms with E-state index >= 15 is 0 Å². The summed E-state index contributed by atoms with van der Waals surface area (Å²) in [4.78, 5) is 13.7. The SMILES string of the molecule is CC(C)CCCCN1C(=O)OC[C@H]1Cc1ccccc1. The van der Waals surface area contributed by atoms with Crippen molar-refractivity contribution < 1.29 is 9.53 Å². The molecule has 1 aromatic carbocycles. The number of carbonyl (C=O) groups excluding carboxylic acids is 1. The maximum atomic E-state index is 11.8. The van der Waals surface area contributed by atoms with E-state index in [1.54, 1.807) is 0 Å². The van der Waals surface area contributed by atoms with Crippen molar-refractivity contribution in [3.63, 3.8) is 0 Å². The number of ether oxygens (including phenoxy) is 1. The predicted molar refractivity (Wildman–Crippen MR) is 80.7 cm³/mol. The Kier molecular flexibility index (Phi) is 5.45. The molecule has 0 unspecified atom stereocenters. The van der Waals surface area contributed by atoms with Gasteiger partial charge < -0.3 is 9.64 Å². The zero-order chi connectivity index (χ0) is 14.4. The molecule has 0 aliphatic carbocycles. The molecule has 1 saturated heterocycles. The van der Waals surface area contributed by atoms with Crippen LogP contribution in [0, 0.1) is 5.92 Å². The maximum Gasteiger partial charge on any atom is 0.410 e. The van der Waals surface area contributed by atoms with E-state index in [1.165, 1.54) is 18.4 Å². The van der Waals surface area contributed by atoms with Crippen molar-refractivity contribution in [2.45, 2.75) is 45.6 Å². The fraction of sp³-hybridized carbons (Fsp3) is 0.588. The van der Waals surface area contributed by atoms with Crippen LogP contribution < -0.4 is 0 Å². The molecule has 0 bridgehead atoms. The predicted octanol–water partition coefficient (Wildman–Crippen LogP) is 3.88. The monoisotopic (exact) mass is 275 g/mol. The van der Waals surface area contributed by atoms with Gasteiger partial charge in [0.1, 0.15) is 6.61 Å². The molecule has 0 radical (unpaired) electrons. The second-order valence-electron chi connectivity index (χ2n) is 6.00. The van der Waals surface area contributed by atoms with Gasteiger partial charge in [0.2, 0.25) is 0 Å². The van der Waals surface area contributed by atoms with Crippen molar-refractivity contribution in [2.24, 2.45) is 5.92 Å². The molecular weight excluding hydrogens is 250 g/mol. The van der Waals surface area contributed by atoms with Crippen LogP contribution in [0.1, 0.15) is 38.7 Å². The van der Waals surface area contributed by atoms with Crippen molar-refractivity contribution in [1.82, 2.24) is 4.90 Å². The number of hydrogen-bond acceptors (Lipinski definition) is 2. The molecule has 3 heteroatoms. The Morgan fingerprint density at radius 2 is 2.00 bits per heavy atom. The number of cyclic esters (lactones) is 1. The third-order valence-electron chi connectivity index (χ3n) is 3.82. The topological polar surface area (TPSA) is 29.5 Å². The highest BCUT2D eigenvalue weighted by molar-refractivity contribution is 5.70. The molecule has 110 valence electrons. The van der Waals surface area contributed by atoms with E-state index in [0.717, 1.165) is 25.3 Å². The van der Waals surface area contributed by atoms with Gasteiger partial charge >= 0.3 is 6.09 Å². The normalized spacial score (nSPS) is 18.6. The molecule has 20 heavy (non-hydrogen) atoms. The fourth-order valence-corrected chi connectivity index (χ4v) is 2.65. The molecule has 0 spiro atoms. The molecule has 1 aliphatic heterocycles. The minimum atomic E-state index is -0.143. The lowest BCUT2D eigenvalue weighted by atomic mass is 10.0. The van der Waals surface area contributed by atoms with Crippen molar-refractivity contribution in [3.05, 3.63) is 35.9 Å². The Bertz CT molecular complexity index is 416. The van der Waals surface area contributed by atoms with E-state index in [0.29, 0.717) is 6.61 Å². The molecule has 3 nitrogen and oxygen atoms in total. The Labute approximate surface area is 121 Å². The maximum absolute atomic E-state index is 11.8. The third-order valence-corrected chi connectivity index (χ3v) is 3.82. The molecule has 2 rings (SSSR count). The molecule has 1 heterocycles. The number of rotatable bonds is 7. The summed E-state index contributed by atoms with van der Waals surface area (Å²) in [7, 11) is 0. The number of nitrogens with zero attached hydrogens (tertiary/aromatic N) is 1. The van der Waals surface area contributed by atoms with Crippen LogP contribution in [0.15, 0.2) is 30.3 Å². The van der Waals surface area contributed by atoms with Crippen LogP contribution in [-0.4, -0.2) is 30.2 Å².